The average molecular weight is 326 g/mol. The Labute approximate surface area is 138 Å². The standard InChI is InChI=1S/C17H18N4O3/c1-11-13(17(23)24-2)8-21-15(11)16(18-10-19-21)20-14(9-22)12-6-4-3-5-7-12/h3-8,10,14,22H,9H2,1-2H3,(H,18,19,20). The third-order valence-electron chi connectivity index (χ3n) is 3.93. The van der Waals surface area contributed by atoms with Crippen molar-refractivity contribution in [3.05, 3.63) is 59.5 Å². The van der Waals surface area contributed by atoms with Crippen molar-refractivity contribution in [1.82, 2.24) is 14.6 Å². The molecular weight excluding hydrogens is 308 g/mol. The number of ether oxygens (including phenoxy) is 1. The fourth-order valence-electron chi connectivity index (χ4n) is 2.67. The number of carbonyl (C=O) groups is 1. The predicted molar refractivity (Wildman–Crippen MR) is 89.0 cm³/mol. The summed E-state index contributed by atoms with van der Waals surface area (Å²) in [6, 6.07) is 9.27. The van der Waals surface area contributed by atoms with Gasteiger partial charge in [-0.2, -0.15) is 5.10 Å². The third-order valence-corrected chi connectivity index (χ3v) is 3.93. The number of hydrogen-bond donors (Lipinski definition) is 2. The fraction of sp³-hybridized carbons (Fsp3) is 0.235. The van der Waals surface area contributed by atoms with Gasteiger partial charge in [-0.1, -0.05) is 30.3 Å². The molecule has 0 radical (unpaired) electrons. The molecule has 0 bridgehead atoms. The highest BCUT2D eigenvalue weighted by Crippen LogP contribution is 2.26. The van der Waals surface area contributed by atoms with Crippen LogP contribution in [0.5, 0.6) is 0 Å². The Kier molecular flexibility index (Phi) is 4.43. The van der Waals surface area contributed by atoms with Crippen LogP contribution in [-0.2, 0) is 4.74 Å². The zero-order valence-corrected chi connectivity index (χ0v) is 13.4. The van der Waals surface area contributed by atoms with Gasteiger partial charge < -0.3 is 15.2 Å². The summed E-state index contributed by atoms with van der Waals surface area (Å²) < 4.78 is 6.38. The number of methoxy groups -OCH3 is 1. The number of hydrogen-bond acceptors (Lipinski definition) is 6. The van der Waals surface area contributed by atoms with Crippen LogP contribution in [0.3, 0.4) is 0 Å². The minimum atomic E-state index is -0.425. The lowest BCUT2D eigenvalue weighted by atomic mass is 10.1. The fourth-order valence-corrected chi connectivity index (χ4v) is 2.67. The predicted octanol–water partition coefficient (Wildman–Crippen LogP) is 1.97. The highest BCUT2D eigenvalue weighted by atomic mass is 16.5. The molecule has 2 aromatic heterocycles. The number of anilines is 1. The van der Waals surface area contributed by atoms with E-state index in [1.807, 2.05) is 37.3 Å². The van der Waals surface area contributed by atoms with Gasteiger partial charge in [0, 0.05) is 6.20 Å². The van der Waals surface area contributed by atoms with Gasteiger partial charge in [-0.05, 0) is 18.1 Å². The second kappa shape index (κ2) is 6.67. The third kappa shape index (κ3) is 2.81. The van der Waals surface area contributed by atoms with E-state index in [-0.39, 0.29) is 12.6 Å². The van der Waals surface area contributed by atoms with E-state index in [9.17, 15) is 9.90 Å². The number of benzene rings is 1. The van der Waals surface area contributed by atoms with Crippen LogP contribution >= 0.6 is 0 Å². The molecule has 1 atom stereocenters. The highest BCUT2D eigenvalue weighted by Gasteiger charge is 2.20. The Morgan fingerprint density at radius 1 is 1.38 bits per heavy atom. The van der Waals surface area contributed by atoms with E-state index in [0.717, 1.165) is 11.1 Å². The van der Waals surface area contributed by atoms with E-state index in [1.54, 1.807) is 10.7 Å². The van der Waals surface area contributed by atoms with E-state index >= 15 is 0 Å². The van der Waals surface area contributed by atoms with Crippen LogP contribution in [0.25, 0.3) is 5.52 Å². The lowest BCUT2D eigenvalue weighted by Crippen LogP contribution is -2.16. The lowest BCUT2D eigenvalue weighted by Gasteiger charge is -2.18. The summed E-state index contributed by atoms with van der Waals surface area (Å²) >= 11 is 0. The molecule has 0 saturated carbocycles. The summed E-state index contributed by atoms with van der Waals surface area (Å²) in [5.41, 5.74) is 2.76. The van der Waals surface area contributed by atoms with Crippen LogP contribution in [0.2, 0.25) is 0 Å². The van der Waals surface area contributed by atoms with E-state index in [0.29, 0.717) is 16.9 Å². The molecule has 2 N–H and O–H groups in total. The quantitative estimate of drug-likeness (QED) is 0.697. The Balaban J connectivity index is 2.03. The first-order valence-corrected chi connectivity index (χ1v) is 7.49. The van der Waals surface area contributed by atoms with Crippen LogP contribution < -0.4 is 5.32 Å². The number of aliphatic hydroxyl groups excluding tert-OH is 1. The van der Waals surface area contributed by atoms with Gasteiger partial charge in [0.25, 0.3) is 0 Å². The molecule has 1 aromatic carbocycles. The van der Waals surface area contributed by atoms with Gasteiger partial charge in [0.2, 0.25) is 0 Å². The summed E-state index contributed by atoms with van der Waals surface area (Å²) in [6.07, 6.45) is 3.01. The Morgan fingerprint density at radius 3 is 2.79 bits per heavy atom. The van der Waals surface area contributed by atoms with Crippen molar-refractivity contribution in [2.45, 2.75) is 13.0 Å². The maximum Gasteiger partial charge on any atom is 0.339 e. The number of aliphatic hydroxyl groups is 1. The first kappa shape index (κ1) is 15.9. The van der Waals surface area contributed by atoms with Gasteiger partial charge in [-0.25, -0.2) is 14.3 Å². The van der Waals surface area contributed by atoms with Crippen molar-refractivity contribution in [3.8, 4) is 0 Å². The molecule has 0 aliphatic rings. The van der Waals surface area contributed by atoms with E-state index < -0.39 is 5.97 Å². The van der Waals surface area contributed by atoms with Crippen molar-refractivity contribution >= 4 is 17.3 Å². The summed E-state index contributed by atoms with van der Waals surface area (Å²) in [6.45, 7) is 1.72. The maximum absolute atomic E-state index is 11.9. The zero-order valence-electron chi connectivity index (χ0n) is 13.4. The van der Waals surface area contributed by atoms with Crippen molar-refractivity contribution in [3.63, 3.8) is 0 Å². The van der Waals surface area contributed by atoms with Gasteiger partial charge in [0.05, 0.1) is 25.3 Å². The van der Waals surface area contributed by atoms with Crippen molar-refractivity contribution in [1.29, 1.82) is 0 Å². The van der Waals surface area contributed by atoms with Crippen molar-refractivity contribution in [2.75, 3.05) is 19.0 Å². The van der Waals surface area contributed by atoms with Gasteiger partial charge in [-0.3, -0.25) is 0 Å². The molecule has 24 heavy (non-hydrogen) atoms. The first-order chi connectivity index (χ1) is 11.7. The molecule has 0 amide bonds. The van der Waals surface area contributed by atoms with Crippen molar-refractivity contribution in [2.24, 2.45) is 0 Å². The Bertz CT molecular complexity index is 861. The Hall–Kier alpha value is -2.93. The van der Waals surface area contributed by atoms with E-state index in [2.05, 4.69) is 15.4 Å². The molecule has 0 aliphatic carbocycles. The number of rotatable bonds is 5. The second-order valence-electron chi connectivity index (χ2n) is 5.35. The van der Waals surface area contributed by atoms with Gasteiger partial charge in [0.1, 0.15) is 11.8 Å². The number of nitrogens with zero attached hydrogens (tertiary/aromatic N) is 3. The largest absolute Gasteiger partial charge is 0.465 e. The summed E-state index contributed by atoms with van der Waals surface area (Å²) in [7, 11) is 1.34. The highest BCUT2D eigenvalue weighted by molar-refractivity contribution is 5.95. The van der Waals surface area contributed by atoms with Gasteiger partial charge in [0.15, 0.2) is 5.82 Å². The van der Waals surface area contributed by atoms with Gasteiger partial charge >= 0.3 is 5.97 Å². The molecule has 3 aromatic rings. The van der Waals surface area contributed by atoms with Crippen LogP contribution in [0, 0.1) is 6.92 Å². The normalized spacial score (nSPS) is 12.1. The molecule has 0 fully saturated rings. The maximum atomic E-state index is 11.9. The lowest BCUT2D eigenvalue weighted by molar-refractivity contribution is 0.0600. The number of aryl methyl sites for hydroxylation is 1. The first-order valence-electron chi connectivity index (χ1n) is 7.49. The number of aromatic nitrogens is 3. The van der Waals surface area contributed by atoms with Crippen LogP contribution in [0.4, 0.5) is 5.82 Å². The molecule has 1 unspecified atom stereocenters. The molecule has 7 heteroatoms. The van der Waals surface area contributed by atoms with Crippen LogP contribution in [0.1, 0.15) is 27.5 Å². The summed E-state index contributed by atoms with van der Waals surface area (Å²) in [5.74, 6) is 0.117. The molecule has 0 aliphatic heterocycles. The number of carbonyl (C=O) groups excluding carboxylic acids is 1. The molecule has 7 nitrogen and oxygen atoms in total. The zero-order chi connectivity index (χ0) is 17.1. The molecule has 2 heterocycles. The monoisotopic (exact) mass is 326 g/mol. The smallest absolute Gasteiger partial charge is 0.339 e. The number of nitrogens with one attached hydrogen (secondary N) is 1. The SMILES string of the molecule is COC(=O)c1cn2ncnc(NC(CO)c3ccccc3)c2c1C. The molecule has 0 saturated heterocycles. The minimum absolute atomic E-state index is 0.0935. The van der Waals surface area contributed by atoms with E-state index in [1.165, 1.54) is 13.4 Å². The van der Waals surface area contributed by atoms with Crippen LogP contribution in [-0.4, -0.2) is 39.4 Å². The van der Waals surface area contributed by atoms with Gasteiger partial charge in [-0.15, -0.1) is 0 Å². The molecular formula is C17H18N4O3. The Morgan fingerprint density at radius 2 is 2.12 bits per heavy atom. The summed E-state index contributed by atoms with van der Waals surface area (Å²) in [5, 5.41) is 17.1. The minimum Gasteiger partial charge on any atom is -0.465 e. The number of fused-ring (bicyclic) bond motifs is 1. The summed E-state index contributed by atoms with van der Waals surface area (Å²) in [4.78, 5) is 16.1. The van der Waals surface area contributed by atoms with E-state index in [4.69, 9.17) is 4.74 Å². The van der Waals surface area contributed by atoms with Crippen LogP contribution in [0.15, 0.2) is 42.9 Å². The average Bonchev–Trinajstić information content (AvgIpc) is 2.97. The second-order valence-corrected chi connectivity index (χ2v) is 5.35. The molecule has 0 spiro atoms. The molecule has 124 valence electrons. The topological polar surface area (TPSA) is 88.8 Å². The molecule has 3 rings (SSSR count). The van der Waals surface area contributed by atoms with Crippen molar-refractivity contribution < 1.29 is 14.6 Å². The number of esters is 1.